The fourth-order valence-corrected chi connectivity index (χ4v) is 10.5. The summed E-state index contributed by atoms with van der Waals surface area (Å²) in [6.07, 6.45) is 8.38. The molecule has 11 atom stereocenters. The van der Waals surface area contributed by atoms with Crippen molar-refractivity contribution in [3.05, 3.63) is 0 Å². The highest BCUT2D eigenvalue weighted by atomic mass is 32.3. The fourth-order valence-electron chi connectivity index (χ4n) is 10.1. The average molecular weight is 574 g/mol. The van der Waals surface area contributed by atoms with Crippen LogP contribution in [0.5, 0.6) is 0 Å². The lowest BCUT2D eigenvalue weighted by Crippen LogP contribution is -2.62. The zero-order valence-corrected chi connectivity index (χ0v) is 26.6. The highest BCUT2D eigenvalue weighted by molar-refractivity contribution is 7.80. The Hall–Kier alpha value is -0.250. The van der Waals surface area contributed by atoms with Gasteiger partial charge in [0.25, 0.3) is 0 Å². The van der Waals surface area contributed by atoms with Crippen LogP contribution >= 0.6 is 0 Å². The van der Waals surface area contributed by atoms with Gasteiger partial charge in [-0.2, -0.15) is 8.42 Å². The van der Waals surface area contributed by atoms with Crippen molar-refractivity contribution in [3.63, 3.8) is 0 Å². The Morgan fingerprint density at radius 2 is 1.49 bits per heavy atom. The smallest absolute Gasteiger partial charge is 0.393 e. The molecule has 230 valence electrons. The molecular weight excluding hydrogens is 514 g/mol. The maximum absolute atomic E-state index is 11.7. The minimum Gasteiger partial charge on any atom is -0.393 e. The molecule has 4 saturated carbocycles. The van der Waals surface area contributed by atoms with Crippen LogP contribution in [-0.4, -0.2) is 66.5 Å². The van der Waals surface area contributed by atoms with E-state index in [1.165, 1.54) is 19.6 Å². The van der Waals surface area contributed by atoms with Gasteiger partial charge < -0.3 is 15.1 Å². The van der Waals surface area contributed by atoms with Gasteiger partial charge in [0.2, 0.25) is 0 Å². The van der Waals surface area contributed by atoms with Gasteiger partial charge in [0.05, 0.1) is 18.8 Å². The van der Waals surface area contributed by atoms with Gasteiger partial charge in [-0.15, -0.1) is 0 Å². The lowest BCUT2D eigenvalue weighted by atomic mass is 9.41. The van der Waals surface area contributed by atoms with E-state index in [1.807, 2.05) is 0 Å². The quantitative estimate of drug-likeness (QED) is 0.299. The number of hydrogen-bond donors (Lipinski definition) is 3. The second-order valence-electron chi connectivity index (χ2n) is 13.8. The van der Waals surface area contributed by atoms with Crippen molar-refractivity contribution in [1.82, 2.24) is 4.90 Å². The van der Waals surface area contributed by atoms with E-state index >= 15 is 0 Å². The summed E-state index contributed by atoms with van der Waals surface area (Å²) in [6, 6.07) is 0. The van der Waals surface area contributed by atoms with Crippen LogP contribution in [0.4, 0.5) is 0 Å². The number of aliphatic hydroxyl groups excluding tert-OH is 2. The van der Waals surface area contributed by atoms with Crippen molar-refractivity contribution in [2.24, 2.45) is 52.3 Å². The van der Waals surface area contributed by atoms with Gasteiger partial charge >= 0.3 is 10.4 Å². The van der Waals surface area contributed by atoms with Crippen LogP contribution in [-0.2, 0) is 14.6 Å². The zero-order chi connectivity index (χ0) is 29.2. The van der Waals surface area contributed by atoms with Crippen LogP contribution in [0.3, 0.4) is 0 Å². The molecule has 0 amide bonds. The van der Waals surface area contributed by atoms with Gasteiger partial charge in [0.1, 0.15) is 0 Å². The van der Waals surface area contributed by atoms with Crippen molar-refractivity contribution < 1.29 is 27.4 Å². The molecule has 0 aromatic heterocycles. The van der Waals surface area contributed by atoms with Gasteiger partial charge in [0, 0.05) is 0 Å². The Balaban J connectivity index is 0.000000532. The normalized spacial score (nSPS) is 42.6. The van der Waals surface area contributed by atoms with Gasteiger partial charge in [-0.25, -0.2) is 4.18 Å². The van der Waals surface area contributed by atoms with E-state index in [0.29, 0.717) is 41.9 Å². The molecule has 4 aliphatic carbocycles. The molecule has 4 fully saturated rings. The maximum atomic E-state index is 11.7. The van der Waals surface area contributed by atoms with Gasteiger partial charge in [-0.1, -0.05) is 54.9 Å². The molecule has 0 spiro atoms. The molecule has 0 saturated heterocycles. The number of hydrogen-bond acceptors (Lipinski definition) is 6. The van der Waals surface area contributed by atoms with Crippen molar-refractivity contribution in [2.75, 3.05) is 26.2 Å². The Labute approximate surface area is 239 Å². The lowest BCUT2D eigenvalue weighted by Gasteiger charge is -2.64. The van der Waals surface area contributed by atoms with Crippen LogP contribution < -0.4 is 0 Å². The van der Waals surface area contributed by atoms with Crippen LogP contribution in [0, 0.1) is 52.3 Å². The van der Waals surface area contributed by atoms with Crippen LogP contribution in [0.15, 0.2) is 0 Å². The van der Waals surface area contributed by atoms with Crippen LogP contribution in [0.1, 0.15) is 106 Å². The van der Waals surface area contributed by atoms with E-state index in [-0.39, 0.29) is 35.6 Å². The predicted octanol–water partition coefficient (Wildman–Crippen LogP) is 5.81. The summed E-state index contributed by atoms with van der Waals surface area (Å²) in [6.45, 7) is 19.4. The van der Waals surface area contributed by atoms with E-state index in [9.17, 15) is 18.6 Å². The maximum Gasteiger partial charge on any atom is 0.397 e. The zero-order valence-electron chi connectivity index (χ0n) is 25.8. The van der Waals surface area contributed by atoms with Crippen molar-refractivity contribution in [1.29, 1.82) is 0 Å². The van der Waals surface area contributed by atoms with E-state index < -0.39 is 10.4 Å². The summed E-state index contributed by atoms with van der Waals surface area (Å²) in [4.78, 5) is 2.38. The minimum atomic E-state index is -4.39. The Morgan fingerprint density at radius 1 is 0.897 bits per heavy atom. The van der Waals surface area contributed by atoms with Crippen LogP contribution in [0.25, 0.3) is 0 Å². The number of aliphatic hydroxyl groups is 2. The summed E-state index contributed by atoms with van der Waals surface area (Å²) in [7, 11) is -4.39. The SMILES string of the molecule is CCN(CC)CC.CC[C@H]1[C@@H](O)[C@@H]2[C@H](CC[C@]3(C)[C@@H]([C@H](C)CCOS(=O)(=O)O)CC[C@@H]23)[C@@]2(C)CC[C@@H](O)C[C@@H]12. The summed E-state index contributed by atoms with van der Waals surface area (Å²) in [5.41, 5.74) is 0.355. The predicted molar refractivity (Wildman–Crippen MR) is 157 cm³/mol. The highest BCUT2D eigenvalue weighted by Gasteiger charge is 2.64. The molecule has 8 heteroatoms. The lowest BCUT2D eigenvalue weighted by molar-refractivity contribution is -0.203. The average Bonchev–Trinajstić information content (AvgIpc) is 3.23. The first-order chi connectivity index (χ1) is 18.3. The molecule has 0 radical (unpaired) electrons. The van der Waals surface area contributed by atoms with Crippen LogP contribution in [0.2, 0.25) is 0 Å². The third-order valence-corrected chi connectivity index (χ3v) is 12.8. The molecule has 0 unspecified atom stereocenters. The Kier molecular flexibility index (Phi) is 11.4. The molecule has 39 heavy (non-hydrogen) atoms. The fraction of sp³-hybridized carbons (Fsp3) is 1.00. The van der Waals surface area contributed by atoms with Gasteiger partial charge in [-0.05, 0) is 123 Å². The molecule has 0 aromatic carbocycles. The monoisotopic (exact) mass is 573 g/mol. The van der Waals surface area contributed by atoms with E-state index in [1.54, 1.807) is 0 Å². The number of rotatable bonds is 9. The molecule has 4 aliphatic rings. The van der Waals surface area contributed by atoms with Gasteiger partial charge in [-0.3, -0.25) is 4.55 Å². The third kappa shape index (κ3) is 6.88. The first kappa shape index (κ1) is 33.3. The third-order valence-electron chi connectivity index (χ3n) is 12.3. The molecular formula is C31H59NO6S. The second-order valence-corrected chi connectivity index (χ2v) is 14.8. The summed E-state index contributed by atoms with van der Waals surface area (Å²) in [5.74, 6) is 2.78. The van der Waals surface area contributed by atoms with Crippen molar-refractivity contribution in [2.45, 2.75) is 118 Å². The number of fused-ring (bicyclic) bond motifs is 5. The largest absolute Gasteiger partial charge is 0.397 e. The molecule has 3 N–H and O–H groups in total. The summed E-state index contributed by atoms with van der Waals surface area (Å²) < 4.78 is 35.4. The Morgan fingerprint density at radius 3 is 2.03 bits per heavy atom. The Bertz CT molecular complexity index is 875. The second kappa shape index (κ2) is 13.4. The minimum absolute atomic E-state index is 0.0198. The van der Waals surface area contributed by atoms with E-state index in [4.69, 9.17) is 4.55 Å². The highest BCUT2D eigenvalue weighted by Crippen LogP contribution is 2.69. The first-order valence-corrected chi connectivity index (χ1v) is 17.3. The van der Waals surface area contributed by atoms with Crippen molar-refractivity contribution in [3.8, 4) is 0 Å². The topological polar surface area (TPSA) is 107 Å². The first-order valence-electron chi connectivity index (χ1n) is 16.0. The summed E-state index contributed by atoms with van der Waals surface area (Å²) in [5, 5.41) is 22.1. The molecule has 4 rings (SSSR count). The number of nitrogens with zero attached hydrogens (tertiary/aromatic N) is 1. The standard InChI is InChI=1S/C25H44O6S.C6H15N/c1-5-17-21-14-16(26)8-11-25(21,4)20-9-12-24(3)18(6-7-19(24)22(20)23(17)27)15(2)10-13-31-32(28,29)30;1-4-7(5-2)6-3/h15-23,26-27H,5-14H2,1-4H3,(H,28,29,30);4-6H2,1-3H3/t15-,16-,17-,18-,19+,20+,21+,22+,23-,24-,25-;/m1./s1. The van der Waals surface area contributed by atoms with E-state index in [2.05, 4.69) is 57.5 Å². The van der Waals surface area contributed by atoms with Gasteiger partial charge in [0.15, 0.2) is 0 Å². The molecule has 7 nitrogen and oxygen atoms in total. The molecule has 0 bridgehead atoms. The van der Waals surface area contributed by atoms with E-state index in [0.717, 1.165) is 51.4 Å². The molecule has 0 aliphatic heterocycles. The summed E-state index contributed by atoms with van der Waals surface area (Å²) >= 11 is 0. The molecule has 0 aromatic rings. The molecule has 0 heterocycles. The van der Waals surface area contributed by atoms with Crippen molar-refractivity contribution >= 4 is 10.4 Å².